The summed E-state index contributed by atoms with van der Waals surface area (Å²) in [5.41, 5.74) is 3.17. The van der Waals surface area contributed by atoms with E-state index in [9.17, 15) is 4.79 Å². The number of aryl methyl sites for hydroxylation is 2. The Labute approximate surface area is 135 Å². The van der Waals surface area contributed by atoms with Crippen LogP contribution < -0.4 is 10.1 Å². The van der Waals surface area contributed by atoms with E-state index in [1.54, 1.807) is 18.4 Å². The highest BCUT2D eigenvalue weighted by Gasteiger charge is 2.21. The van der Waals surface area contributed by atoms with Gasteiger partial charge in [-0.2, -0.15) is 0 Å². The summed E-state index contributed by atoms with van der Waals surface area (Å²) in [5, 5.41) is 2.99. The fourth-order valence-electron chi connectivity index (χ4n) is 2.92. The van der Waals surface area contributed by atoms with E-state index in [0.29, 0.717) is 5.75 Å². The molecule has 1 aromatic carbocycles. The van der Waals surface area contributed by atoms with Crippen molar-refractivity contribution in [1.29, 1.82) is 0 Å². The number of hydrogen-bond acceptors (Lipinski definition) is 3. The minimum Gasteiger partial charge on any atom is -0.495 e. The third kappa shape index (κ3) is 3.02. The van der Waals surface area contributed by atoms with Gasteiger partial charge in [0.15, 0.2) is 0 Å². The number of anilines is 1. The number of fused-ring (bicyclic) bond motifs is 1. The molecule has 1 aliphatic carbocycles. The molecule has 116 valence electrons. The Hall–Kier alpha value is -1.81. The Morgan fingerprint density at radius 1 is 1.36 bits per heavy atom. The zero-order valence-corrected chi connectivity index (χ0v) is 14.0. The van der Waals surface area contributed by atoms with Crippen LogP contribution >= 0.6 is 11.3 Å². The number of amides is 1. The zero-order chi connectivity index (χ0) is 15.7. The van der Waals surface area contributed by atoms with Crippen LogP contribution in [0.5, 0.6) is 5.75 Å². The van der Waals surface area contributed by atoms with E-state index in [0.717, 1.165) is 34.9 Å². The maximum atomic E-state index is 12.5. The molecule has 3 nitrogen and oxygen atoms in total. The van der Waals surface area contributed by atoms with Crippen LogP contribution in [0.1, 0.15) is 39.0 Å². The van der Waals surface area contributed by atoms with Gasteiger partial charge in [0.25, 0.3) is 5.91 Å². The Bertz CT molecular complexity index is 705. The number of rotatable bonds is 3. The van der Waals surface area contributed by atoms with Gasteiger partial charge in [-0.3, -0.25) is 4.79 Å². The monoisotopic (exact) mass is 315 g/mol. The van der Waals surface area contributed by atoms with Gasteiger partial charge in [0.1, 0.15) is 5.75 Å². The lowest BCUT2D eigenvalue weighted by atomic mass is 9.90. The van der Waals surface area contributed by atoms with Crippen molar-refractivity contribution in [2.45, 2.75) is 33.1 Å². The molecule has 0 bridgehead atoms. The zero-order valence-electron chi connectivity index (χ0n) is 13.2. The van der Waals surface area contributed by atoms with E-state index in [1.807, 2.05) is 25.1 Å². The highest BCUT2D eigenvalue weighted by Crippen LogP contribution is 2.33. The second-order valence-electron chi connectivity index (χ2n) is 6.06. The summed E-state index contributed by atoms with van der Waals surface area (Å²) in [6, 6.07) is 7.85. The maximum Gasteiger partial charge on any atom is 0.265 e. The van der Waals surface area contributed by atoms with E-state index < -0.39 is 0 Å². The quantitative estimate of drug-likeness (QED) is 0.909. The van der Waals surface area contributed by atoms with Crippen molar-refractivity contribution in [2.75, 3.05) is 12.4 Å². The molecule has 0 saturated heterocycles. The lowest BCUT2D eigenvalue weighted by Crippen LogP contribution is -2.11. The molecule has 22 heavy (non-hydrogen) atoms. The van der Waals surface area contributed by atoms with Crippen molar-refractivity contribution < 1.29 is 9.53 Å². The highest BCUT2D eigenvalue weighted by molar-refractivity contribution is 7.14. The van der Waals surface area contributed by atoms with Crippen LogP contribution in [0.4, 0.5) is 5.69 Å². The van der Waals surface area contributed by atoms with Gasteiger partial charge < -0.3 is 10.1 Å². The molecule has 1 atom stereocenters. The Morgan fingerprint density at radius 3 is 2.95 bits per heavy atom. The summed E-state index contributed by atoms with van der Waals surface area (Å²) in [6.07, 6.45) is 3.41. The van der Waals surface area contributed by atoms with Gasteiger partial charge in [0.05, 0.1) is 17.7 Å². The van der Waals surface area contributed by atoms with Crippen LogP contribution in [0.3, 0.4) is 0 Å². The number of benzene rings is 1. The van der Waals surface area contributed by atoms with Crippen molar-refractivity contribution in [3.05, 3.63) is 45.1 Å². The lowest BCUT2D eigenvalue weighted by Gasteiger charge is -2.16. The maximum absolute atomic E-state index is 12.5. The summed E-state index contributed by atoms with van der Waals surface area (Å²) < 4.78 is 5.32. The molecule has 0 spiro atoms. The fourth-order valence-corrected chi connectivity index (χ4v) is 4.02. The van der Waals surface area contributed by atoms with Crippen LogP contribution in [0.25, 0.3) is 0 Å². The third-order valence-corrected chi connectivity index (χ3v) is 5.39. The van der Waals surface area contributed by atoms with Crippen molar-refractivity contribution in [3.8, 4) is 5.75 Å². The number of nitrogens with one attached hydrogen (secondary N) is 1. The van der Waals surface area contributed by atoms with Gasteiger partial charge in [0, 0.05) is 4.88 Å². The molecule has 0 radical (unpaired) electrons. The molecule has 1 aliphatic rings. The first-order valence-corrected chi connectivity index (χ1v) is 8.46. The molecule has 2 aromatic rings. The molecule has 1 N–H and O–H groups in total. The Kier molecular flexibility index (Phi) is 4.21. The predicted molar refractivity (Wildman–Crippen MR) is 91.2 cm³/mol. The van der Waals surface area contributed by atoms with Crippen LogP contribution in [0, 0.1) is 12.8 Å². The average molecular weight is 315 g/mol. The average Bonchev–Trinajstić information content (AvgIpc) is 2.90. The van der Waals surface area contributed by atoms with Crippen molar-refractivity contribution in [3.63, 3.8) is 0 Å². The molecule has 0 unspecified atom stereocenters. The first-order valence-electron chi connectivity index (χ1n) is 7.64. The summed E-state index contributed by atoms with van der Waals surface area (Å²) in [5.74, 6) is 1.36. The molecule has 1 amide bonds. The summed E-state index contributed by atoms with van der Waals surface area (Å²) in [4.78, 5) is 14.7. The van der Waals surface area contributed by atoms with E-state index in [2.05, 4.69) is 18.3 Å². The smallest absolute Gasteiger partial charge is 0.265 e. The molecule has 1 heterocycles. The Balaban J connectivity index is 1.82. The highest BCUT2D eigenvalue weighted by atomic mass is 32.1. The predicted octanol–water partition coefficient (Wildman–Crippen LogP) is 4.44. The minimum atomic E-state index is -0.0454. The van der Waals surface area contributed by atoms with E-state index in [4.69, 9.17) is 4.74 Å². The van der Waals surface area contributed by atoms with E-state index in [1.165, 1.54) is 16.9 Å². The van der Waals surface area contributed by atoms with Crippen molar-refractivity contribution in [1.82, 2.24) is 0 Å². The number of ether oxygens (including phenoxy) is 1. The summed E-state index contributed by atoms with van der Waals surface area (Å²) in [7, 11) is 1.62. The largest absolute Gasteiger partial charge is 0.495 e. The molecule has 0 saturated carbocycles. The standard InChI is InChI=1S/C18H21NO2S/c1-11-5-7-16-13(8-11)10-17(22-16)18(20)19-14-9-12(2)4-6-15(14)21-3/h4,6,9-11H,5,7-8H2,1-3H3,(H,19,20)/t11-/m0/s1. The van der Waals surface area contributed by atoms with Gasteiger partial charge >= 0.3 is 0 Å². The first-order chi connectivity index (χ1) is 10.6. The summed E-state index contributed by atoms with van der Waals surface area (Å²) >= 11 is 1.63. The molecule has 4 heteroatoms. The molecular weight excluding hydrogens is 294 g/mol. The van der Waals surface area contributed by atoms with Crippen molar-refractivity contribution in [2.24, 2.45) is 5.92 Å². The second-order valence-corrected chi connectivity index (χ2v) is 7.20. The first kappa shape index (κ1) is 15.1. The lowest BCUT2D eigenvalue weighted by molar-refractivity contribution is 0.103. The van der Waals surface area contributed by atoms with Gasteiger partial charge in [-0.15, -0.1) is 11.3 Å². The number of carbonyl (C=O) groups excluding carboxylic acids is 1. The molecule has 1 aromatic heterocycles. The normalized spacial score (nSPS) is 17.0. The van der Waals surface area contributed by atoms with Gasteiger partial charge in [-0.1, -0.05) is 13.0 Å². The van der Waals surface area contributed by atoms with Gasteiger partial charge in [0.2, 0.25) is 0 Å². The van der Waals surface area contributed by atoms with E-state index >= 15 is 0 Å². The van der Waals surface area contributed by atoms with Crippen LogP contribution in [0.2, 0.25) is 0 Å². The SMILES string of the molecule is COc1ccc(C)cc1NC(=O)c1cc2c(s1)CC[C@H](C)C2. The van der Waals surface area contributed by atoms with Crippen LogP contribution in [-0.2, 0) is 12.8 Å². The molecule has 0 fully saturated rings. The number of carbonyl (C=O) groups is 1. The number of thiophene rings is 1. The molecule has 0 aliphatic heterocycles. The second kappa shape index (κ2) is 6.13. The molecular formula is C18H21NO2S. The third-order valence-electron chi connectivity index (χ3n) is 4.16. The van der Waals surface area contributed by atoms with E-state index in [-0.39, 0.29) is 5.91 Å². The van der Waals surface area contributed by atoms with Gasteiger partial charge in [-0.05, 0) is 61.4 Å². The molecule has 3 rings (SSSR count). The number of hydrogen-bond donors (Lipinski definition) is 1. The van der Waals surface area contributed by atoms with Crippen LogP contribution in [0.15, 0.2) is 24.3 Å². The Morgan fingerprint density at radius 2 is 2.18 bits per heavy atom. The number of methoxy groups -OCH3 is 1. The minimum absolute atomic E-state index is 0.0454. The summed E-state index contributed by atoms with van der Waals surface area (Å²) in [6.45, 7) is 4.28. The van der Waals surface area contributed by atoms with Gasteiger partial charge in [-0.25, -0.2) is 0 Å². The van der Waals surface area contributed by atoms with Crippen molar-refractivity contribution >= 4 is 22.9 Å². The topological polar surface area (TPSA) is 38.3 Å². The fraction of sp³-hybridized carbons (Fsp3) is 0.389. The van der Waals surface area contributed by atoms with Crippen LogP contribution in [-0.4, -0.2) is 13.0 Å².